The molecule has 2 unspecified atom stereocenters. The Morgan fingerprint density at radius 2 is 2.06 bits per heavy atom. The van der Waals surface area contributed by atoms with E-state index in [1.165, 1.54) is 0 Å². The fourth-order valence-electron chi connectivity index (χ4n) is 2.69. The highest BCUT2D eigenvalue weighted by atomic mass is 19.3. The molecule has 1 aliphatic heterocycles. The zero-order valence-corrected chi connectivity index (χ0v) is 9.06. The lowest BCUT2D eigenvalue weighted by Gasteiger charge is -2.32. The largest absolute Gasteiger partial charge is 0.346 e. The molecule has 0 aromatic heterocycles. The van der Waals surface area contributed by atoms with Crippen molar-refractivity contribution in [1.82, 2.24) is 10.6 Å². The van der Waals surface area contributed by atoms with E-state index in [1.54, 1.807) is 0 Å². The van der Waals surface area contributed by atoms with E-state index in [0.29, 0.717) is 6.54 Å². The molecule has 2 N–H and O–H groups in total. The summed E-state index contributed by atoms with van der Waals surface area (Å²) in [6.07, 6.45) is 2.92. The van der Waals surface area contributed by atoms with Gasteiger partial charge in [0.05, 0.1) is 0 Å². The molecule has 3 fully saturated rings. The fraction of sp³-hybridized carbons (Fsp3) is 0.909. The second-order valence-electron chi connectivity index (χ2n) is 5.40. The van der Waals surface area contributed by atoms with E-state index < -0.39 is 12.0 Å². The number of carbonyl (C=O) groups excluding carboxylic acids is 1. The van der Waals surface area contributed by atoms with Gasteiger partial charge in [0, 0.05) is 25.4 Å². The molecule has 3 aliphatic rings. The molecule has 3 nitrogen and oxygen atoms in total. The zero-order chi connectivity index (χ0) is 11.4. The first-order valence-electron chi connectivity index (χ1n) is 5.92. The van der Waals surface area contributed by atoms with Gasteiger partial charge in [-0.25, -0.2) is 8.78 Å². The maximum absolute atomic E-state index is 13.5. The van der Waals surface area contributed by atoms with Crippen LogP contribution in [0.25, 0.3) is 0 Å². The van der Waals surface area contributed by atoms with Crippen LogP contribution < -0.4 is 10.6 Å². The SMILES string of the molecule is O=C(NC1CNCCC1(F)F)C1CC12CC2. The van der Waals surface area contributed by atoms with Gasteiger partial charge in [-0.1, -0.05) is 0 Å². The third-order valence-corrected chi connectivity index (χ3v) is 4.21. The number of piperidine rings is 1. The van der Waals surface area contributed by atoms with Crippen LogP contribution in [0.4, 0.5) is 8.78 Å². The van der Waals surface area contributed by atoms with Crippen molar-refractivity contribution in [3.05, 3.63) is 0 Å². The molecule has 1 spiro atoms. The molecular formula is C11H16F2N2O. The van der Waals surface area contributed by atoms with Crippen LogP contribution in [-0.2, 0) is 4.79 Å². The summed E-state index contributed by atoms with van der Waals surface area (Å²) >= 11 is 0. The maximum atomic E-state index is 13.5. The van der Waals surface area contributed by atoms with Gasteiger partial charge in [-0.3, -0.25) is 4.79 Å². The molecule has 2 aliphatic carbocycles. The topological polar surface area (TPSA) is 41.1 Å². The second kappa shape index (κ2) is 3.15. The predicted octanol–water partition coefficient (Wildman–Crippen LogP) is 0.900. The number of hydrogen-bond donors (Lipinski definition) is 2. The molecule has 2 saturated carbocycles. The molecule has 5 heteroatoms. The summed E-state index contributed by atoms with van der Waals surface area (Å²) in [5.74, 6) is -2.90. The van der Waals surface area contributed by atoms with Crippen LogP contribution >= 0.6 is 0 Å². The smallest absolute Gasteiger partial charge is 0.270 e. The van der Waals surface area contributed by atoms with Crippen molar-refractivity contribution in [2.24, 2.45) is 11.3 Å². The highest BCUT2D eigenvalue weighted by Gasteiger charge is 2.66. The van der Waals surface area contributed by atoms with Crippen LogP contribution in [0.5, 0.6) is 0 Å². The summed E-state index contributed by atoms with van der Waals surface area (Å²) in [6, 6.07) is -1.02. The highest BCUT2D eigenvalue weighted by Crippen LogP contribution is 2.70. The van der Waals surface area contributed by atoms with Crippen molar-refractivity contribution >= 4 is 5.91 Å². The minimum atomic E-state index is -2.76. The van der Waals surface area contributed by atoms with Crippen molar-refractivity contribution in [3.63, 3.8) is 0 Å². The zero-order valence-electron chi connectivity index (χ0n) is 9.06. The molecule has 1 saturated heterocycles. The van der Waals surface area contributed by atoms with Gasteiger partial charge in [-0.15, -0.1) is 0 Å². The van der Waals surface area contributed by atoms with Crippen LogP contribution in [0, 0.1) is 11.3 Å². The fourth-order valence-corrected chi connectivity index (χ4v) is 2.69. The van der Waals surface area contributed by atoms with Crippen molar-refractivity contribution < 1.29 is 13.6 Å². The van der Waals surface area contributed by atoms with Gasteiger partial charge in [0.25, 0.3) is 5.92 Å². The van der Waals surface area contributed by atoms with E-state index in [9.17, 15) is 13.6 Å². The molecule has 2 atom stereocenters. The summed E-state index contributed by atoms with van der Waals surface area (Å²) < 4.78 is 26.9. The normalized spacial score (nSPS) is 38.1. The van der Waals surface area contributed by atoms with Gasteiger partial charge in [-0.05, 0) is 24.7 Å². The summed E-state index contributed by atoms with van der Waals surface area (Å²) in [5.41, 5.74) is 0.238. The Balaban J connectivity index is 1.59. The van der Waals surface area contributed by atoms with Gasteiger partial charge < -0.3 is 10.6 Å². The molecule has 90 valence electrons. The number of halogens is 2. The van der Waals surface area contributed by atoms with Crippen LogP contribution in [0.15, 0.2) is 0 Å². The lowest BCUT2D eigenvalue weighted by molar-refractivity contribution is -0.128. The van der Waals surface area contributed by atoms with E-state index in [0.717, 1.165) is 19.3 Å². The molecule has 0 aromatic carbocycles. The molecular weight excluding hydrogens is 214 g/mol. The quantitative estimate of drug-likeness (QED) is 0.740. The Labute approximate surface area is 93.0 Å². The lowest BCUT2D eigenvalue weighted by atomic mass is 10.0. The van der Waals surface area contributed by atoms with Crippen molar-refractivity contribution in [1.29, 1.82) is 0 Å². The molecule has 0 aromatic rings. The van der Waals surface area contributed by atoms with Gasteiger partial charge in [0.2, 0.25) is 5.91 Å². The average molecular weight is 230 g/mol. The summed E-state index contributed by atoms with van der Waals surface area (Å²) in [5, 5.41) is 5.41. The number of carbonyl (C=O) groups is 1. The first-order chi connectivity index (χ1) is 7.54. The average Bonchev–Trinajstić information content (AvgIpc) is 3.11. The Morgan fingerprint density at radius 1 is 1.31 bits per heavy atom. The number of hydrogen-bond acceptors (Lipinski definition) is 2. The van der Waals surface area contributed by atoms with Gasteiger partial charge in [-0.2, -0.15) is 0 Å². The number of rotatable bonds is 2. The highest BCUT2D eigenvalue weighted by molar-refractivity contribution is 5.83. The predicted molar refractivity (Wildman–Crippen MR) is 54.1 cm³/mol. The van der Waals surface area contributed by atoms with Crippen LogP contribution in [0.1, 0.15) is 25.7 Å². The van der Waals surface area contributed by atoms with Gasteiger partial charge >= 0.3 is 0 Å². The summed E-state index contributed by atoms with van der Waals surface area (Å²) in [7, 11) is 0. The molecule has 0 radical (unpaired) electrons. The molecule has 0 bridgehead atoms. The minimum Gasteiger partial charge on any atom is -0.346 e. The minimum absolute atomic E-state index is 0.0187. The van der Waals surface area contributed by atoms with Gasteiger partial charge in [0.1, 0.15) is 6.04 Å². The van der Waals surface area contributed by atoms with Crippen molar-refractivity contribution in [3.8, 4) is 0 Å². The monoisotopic (exact) mass is 230 g/mol. The van der Waals surface area contributed by atoms with E-state index in [-0.39, 0.29) is 30.2 Å². The standard InChI is InChI=1S/C11H16F2N2O/c12-11(13)3-4-14-6-8(11)15-9(16)7-5-10(7)1-2-10/h7-8,14H,1-6H2,(H,15,16). The second-order valence-corrected chi connectivity index (χ2v) is 5.40. The number of nitrogens with one attached hydrogen (secondary N) is 2. The van der Waals surface area contributed by atoms with Crippen LogP contribution in [0.2, 0.25) is 0 Å². The Hall–Kier alpha value is -0.710. The summed E-state index contributed by atoms with van der Waals surface area (Å²) in [4.78, 5) is 11.7. The Bertz CT molecular complexity index is 328. The van der Waals surface area contributed by atoms with E-state index in [1.807, 2.05) is 0 Å². The lowest BCUT2D eigenvalue weighted by Crippen LogP contribution is -2.57. The van der Waals surface area contributed by atoms with Crippen LogP contribution in [-0.4, -0.2) is 31.0 Å². The summed E-state index contributed by atoms with van der Waals surface area (Å²) in [6.45, 7) is 0.505. The van der Waals surface area contributed by atoms with Crippen molar-refractivity contribution in [2.45, 2.75) is 37.6 Å². The molecule has 16 heavy (non-hydrogen) atoms. The molecule has 1 amide bonds. The first kappa shape index (κ1) is 10.4. The van der Waals surface area contributed by atoms with E-state index in [2.05, 4.69) is 10.6 Å². The van der Waals surface area contributed by atoms with Crippen molar-refractivity contribution in [2.75, 3.05) is 13.1 Å². The third-order valence-electron chi connectivity index (χ3n) is 4.21. The Morgan fingerprint density at radius 3 is 2.62 bits per heavy atom. The third kappa shape index (κ3) is 1.61. The first-order valence-corrected chi connectivity index (χ1v) is 5.92. The Kier molecular flexibility index (Phi) is 2.06. The maximum Gasteiger partial charge on any atom is 0.270 e. The number of amides is 1. The number of alkyl halides is 2. The van der Waals surface area contributed by atoms with Crippen LogP contribution in [0.3, 0.4) is 0 Å². The van der Waals surface area contributed by atoms with E-state index >= 15 is 0 Å². The van der Waals surface area contributed by atoms with E-state index in [4.69, 9.17) is 0 Å². The van der Waals surface area contributed by atoms with Gasteiger partial charge in [0.15, 0.2) is 0 Å². The molecule has 1 heterocycles. The molecule has 3 rings (SSSR count).